The molecule has 0 aromatic heterocycles. The number of halogens is 1. The fourth-order valence-corrected chi connectivity index (χ4v) is 1.25. The molecule has 0 saturated heterocycles. The molecule has 3 nitrogen and oxygen atoms in total. The van der Waals surface area contributed by atoms with E-state index in [1.165, 1.54) is 0 Å². The molecule has 0 aliphatic carbocycles. The summed E-state index contributed by atoms with van der Waals surface area (Å²) in [5.74, 6) is -0.412. The van der Waals surface area contributed by atoms with Crippen molar-refractivity contribution < 1.29 is 9.53 Å². The van der Waals surface area contributed by atoms with E-state index in [0.29, 0.717) is 28.4 Å². The van der Waals surface area contributed by atoms with Gasteiger partial charge in [-0.25, -0.2) is 4.79 Å². The van der Waals surface area contributed by atoms with E-state index in [1.807, 2.05) is 0 Å². The van der Waals surface area contributed by atoms with E-state index in [2.05, 4.69) is 0 Å². The van der Waals surface area contributed by atoms with Crippen molar-refractivity contribution in [3.05, 3.63) is 28.3 Å². The Morgan fingerprint density at radius 3 is 2.79 bits per heavy atom. The minimum absolute atomic E-state index is 0.333. The number of hydrogen-bond donors (Lipinski definition) is 1. The van der Waals surface area contributed by atoms with Crippen LogP contribution in [0.4, 0.5) is 5.69 Å². The lowest BCUT2D eigenvalue weighted by molar-refractivity contribution is 0.0527. The van der Waals surface area contributed by atoms with E-state index in [4.69, 9.17) is 22.1 Å². The molecule has 0 aliphatic heterocycles. The van der Waals surface area contributed by atoms with Crippen LogP contribution >= 0.6 is 11.6 Å². The highest BCUT2D eigenvalue weighted by Crippen LogP contribution is 2.25. The minimum atomic E-state index is -0.412. The first-order chi connectivity index (χ1) is 6.57. The molecule has 1 aromatic carbocycles. The average Bonchev–Trinajstić information content (AvgIpc) is 2.15. The highest BCUT2D eigenvalue weighted by Gasteiger charge is 2.13. The molecule has 0 unspecified atom stereocenters. The van der Waals surface area contributed by atoms with E-state index < -0.39 is 5.97 Å². The van der Waals surface area contributed by atoms with Gasteiger partial charge in [-0.15, -0.1) is 0 Å². The lowest BCUT2D eigenvalue weighted by Crippen LogP contribution is -2.09. The number of rotatable bonds is 2. The van der Waals surface area contributed by atoms with Gasteiger partial charge in [0.05, 0.1) is 17.9 Å². The Balaban J connectivity index is 3.11. The van der Waals surface area contributed by atoms with Crippen LogP contribution in [0.5, 0.6) is 0 Å². The first kappa shape index (κ1) is 10.9. The standard InChI is InChI=1S/C10H12ClNO2/c1-3-14-10(13)7-4-5-8(11)6(2)9(7)12/h4-5H,3,12H2,1-2H3. The molecule has 14 heavy (non-hydrogen) atoms. The third-order valence-electron chi connectivity index (χ3n) is 1.94. The van der Waals surface area contributed by atoms with Gasteiger partial charge < -0.3 is 10.5 Å². The van der Waals surface area contributed by atoms with Crippen LogP contribution in [0.25, 0.3) is 0 Å². The number of carbonyl (C=O) groups is 1. The smallest absolute Gasteiger partial charge is 0.340 e. The molecule has 4 heteroatoms. The Morgan fingerprint density at radius 1 is 1.57 bits per heavy atom. The summed E-state index contributed by atoms with van der Waals surface area (Å²) < 4.78 is 4.84. The fourth-order valence-electron chi connectivity index (χ4n) is 1.09. The molecule has 1 rings (SSSR count). The second kappa shape index (κ2) is 4.33. The SMILES string of the molecule is CCOC(=O)c1ccc(Cl)c(C)c1N. The van der Waals surface area contributed by atoms with Crippen LogP contribution in [0.2, 0.25) is 5.02 Å². The van der Waals surface area contributed by atoms with Gasteiger partial charge in [-0.1, -0.05) is 11.6 Å². The number of ether oxygens (including phenoxy) is 1. The first-order valence-corrected chi connectivity index (χ1v) is 4.67. The summed E-state index contributed by atoms with van der Waals surface area (Å²) in [6.07, 6.45) is 0. The van der Waals surface area contributed by atoms with Crippen LogP contribution in [0.1, 0.15) is 22.8 Å². The van der Waals surface area contributed by atoms with E-state index in [9.17, 15) is 4.79 Å². The highest BCUT2D eigenvalue weighted by atomic mass is 35.5. The topological polar surface area (TPSA) is 52.3 Å². The van der Waals surface area contributed by atoms with Crippen LogP contribution in [0.15, 0.2) is 12.1 Å². The molecule has 0 heterocycles. The van der Waals surface area contributed by atoms with Crippen LogP contribution in [0.3, 0.4) is 0 Å². The maximum absolute atomic E-state index is 11.4. The van der Waals surface area contributed by atoms with Gasteiger partial charge in [-0.3, -0.25) is 0 Å². The maximum atomic E-state index is 11.4. The Labute approximate surface area is 87.8 Å². The number of nitrogens with two attached hydrogens (primary N) is 1. The molecule has 0 fully saturated rings. The highest BCUT2D eigenvalue weighted by molar-refractivity contribution is 6.32. The number of esters is 1. The van der Waals surface area contributed by atoms with Crippen molar-refractivity contribution in [1.82, 2.24) is 0 Å². The molecule has 1 aromatic rings. The van der Waals surface area contributed by atoms with Crippen molar-refractivity contribution >= 4 is 23.3 Å². The zero-order valence-corrected chi connectivity index (χ0v) is 8.89. The van der Waals surface area contributed by atoms with Crippen molar-refractivity contribution in [1.29, 1.82) is 0 Å². The zero-order chi connectivity index (χ0) is 10.7. The zero-order valence-electron chi connectivity index (χ0n) is 8.13. The van der Waals surface area contributed by atoms with Gasteiger partial charge in [0.25, 0.3) is 0 Å². The van der Waals surface area contributed by atoms with Crippen molar-refractivity contribution in [2.45, 2.75) is 13.8 Å². The predicted octanol–water partition coefficient (Wildman–Crippen LogP) is 2.41. The van der Waals surface area contributed by atoms with E-state index >= 15 is 0 Å². The Morgan fingerprint density at radius 2 is 2.21 bits per heavy atom. The quantitative estimate of drug-likeness (QED) is 0.606. The number of nitrogen functional groups attached to an aromatic ring is 1. The van der Waals surface area contributed by atoms with E-state index in [0.717, 1.165) is 0 Å². The van der Waals surface area contributed by atoms with Gasteiger partial charge in [0.2, 0.25) is 0 Å². The van der Waals surface area contributed by atoms with Crippen LogP contribution in [-0.2, 0) is 4.74 Å². The first-order valence-electron chi connectivity index (χ1n) is 4.29. The molecule has 0 bridgehead atoms. The lowest BCUT2D eigenvalue weighted by atomic mass is 10.1. The molecule has 0 saturated carbocycles. The molecule has 76 valence electrons. The molecular weight excluding hydrogens is 202 g/mol. The summed E-state index contributed by atoms with van der Waals surface area (Å²) in [6.45, 7) is 3.84. The van der Waals surface area contributed by atoms with Crippen LogP contribution < -0.4 is 5.73 Å². The van der Waals surface area contributed by atoms with E-state index in [1.54, 1.807) is 26.0 Å². The molecule has 0 spiro atoms. The lowest BCUT2D eigenvalue weighted by Gasteiger charge is -2.08. The largest absolute Gasteiger partial charge is 0.462 e. The molecule has 0 atom stereocenters. The van der Waals surface area contributed by atoms with Crippen molar-refractivity contribution in [2.75, 3.05) is 12.3 Å². The third-order valence-corrected chi connectivity index (χ3v) is 2.35. The van der Waals surface area contributed by atoms with Gasteiger partial charge in [0.15, 0.2) is 0 Å². The van der Waals surface area contributed by atoms with Crippen LogP contribution in [-0.4, -0.2) is 12.6 Å². The number of hydrogen-bond acceptors (Lipinski definition) is 3. The Hall–Kier alpha value is -1.22. The maximum Gasteiger partial charge on any atom is 0.340 e. The summed E-state index contributed by atoms with van der Waals surface area (Å²) >= 11 is 5.84. The van der Waals surface area contributed by atoms with Crippen LogP contribution in [0, 0.1) is 6.92 Å². The number of anilines is 1. The van der Waals surface area contributed by atoms with Gasteiger partial charge in [-0.2, -0.15) is 0 Å². The molecule has 0 radical (unpaired) electrons. The monoisotopic (exact) mass is 213 g/mol. The Bertz CT molecular complexity index is 363. The summed E-state index contributed by atoms with van der Waals surface area (Å²) in [7, 11) is 0. The van der Waals surface area contributed by atoms with Gasteiger partial charge in [0.1, 0.15) is 0 Å². The normalized spacial score (nSPS) is 9.93. The second-order valence-electron chi connectivity index (χ2n) is 2.85. The third kappa shape index (κ3) is 1.99. The molecule has 0 amide bonds. The van der Waals surface area contributed by atoms with Gasteiger partial charge in [0, 0.05) is 5.02 Å². The van der Waals surface area contributed by atoms with Gasteiger partial charge in [-0.05, 0) is 31.5 Å². The Kier molecular flexibility index (Phi) is 3.36. The summed E-state index contributed by atoms with van der Waals surface area (Å²) in [6, 6.07) is 3.21. The van der Waals surface area contributed by atoms with Gasteiger partial charge >= 0.3 is 5.97 Å². The minimum Gasteiger partial charge on any atom is -0.462 e. The molecule has 2 N–H and O–H groups in total. The average molecular weight is 214 g/mol. The number of carbonyl (C=O) groups excluding carboxylic acids is 1. The van der Waals surface area contributed by atoms with Crippen molar-refractivity contribution in [3.8, 4) is 0 Å². The number of benzene rings is 1. The molecule has 0 aliphatic rings. The van der Waals surface area contributed by atoms with E-state index in [-0.39, 0.29) is 0 Å². The molecular formula is C10H12ClNO2. The predicted molar refractivity (Wildman–Crippen MR) is 56.6 cm³/mol. The van der Waals surface area contributed by atoms with Crippen molar-refractivity contribution in [3.63, 3.8) is 0 Å². The second-order valence-corrected chi connectivity index (χ2v) is 3.26. The summed E-state index contributed by atoms with van der Waals surface area (Å²) in [5.41, 5.74) is 7.19. The van der Waals surface area contributed by atoms with Crippen molar-refractivity contribution in [2.24, 2.45) is 0 Å². The summed E-state index contributed by atoms with van der Waals surface area (Å²) in [5, 5.41) is 0.551. The summed E-state index contributed by atoms with van der Waals surface area (Å²) in [4.78, 5) is 11.4. The fraction of sp³-hybridized carbons (Fsp3) is 0.300.